The third-order valence-electron chi connectivity index (χ3n) is 4.71. The van der Waals surface area contributed by atoms with Gasteiger partial charge in [-0.3, -0.25) is 4.79 Å². The quantitative estimate of drug-likeness (QED) is 0.553. The maximum Gasteiger partial charge on any atom is 0.241 e. The minimum absolute atomic E-state index is 0.0216. The maximum absolute atomic E-state index is 12.7. The summed E-state index contributed by atoms with van der Waals surface area (Å²) in [4.78, 5) is 20.2. The Hall–Kier alpha value is -2.71. The van der Waals surface area contributed by atoms with Crippen molar-refractivity contribution < 1.29 is 13.2 Å². The molecule has 0 aliphatic carbocycles. The average molecular weight is 415 g/mol. The van der Waals surface area contributed by atoms with Crippen LogP contribution in [0.5, 0.6) is 0 Å². The molecule has 0 bridgehead atoms. The molecule has 154 valence electrons. The first-order valence-corrected chi connectivity index (χ1v) is 11.0. The number of sulfonamides is 1. The van der Waals surface area contributed by atoms with E-state index in [1.165, 1.54) is 0 Å². The second kappa shape index (κ2) is 8.34. The Bertz CT molecular complexity index is 1100. The molecule has 0 spiro atoms. The molecule has 1 aromatic heterocycles. The highest BCUT2D eigenvalue weighted by atomic mass is 32.2. The Morgan fingerprint density at radius 3 is 2.45 bits per heavy atom. The van der Waals surface area contributed by atoms with Crippen molar-refractivity contribution >= 4 is 27.0 Å². The second-order valence-electron chi connectivity index (χ2n) is 7.30. The summed E-state index contributed by atoms with van der Waals surface area (Å²) in [6.07, 6.45) is 0.0355. The van der Waals surface area contributed by atoms with Gasteiger partial charge in [-0.1, -0.05) is 29.8 Å². The van der Waals surface area contributed by atoms with Gasteiger partial charge in [0.1, 0.15) is 5.82 Å². The van der Waals surface area contributed by atoms with E-state index in [0.29, 0.717) is 17.0 Å². The van der Waals surface area contributed by atoms with Crippen molar-refractivity contribution in [2.24, 2.45) is 0 Å². The number of benzene rings is 2. The van der Waals surface area contributed by atoms with Gasteiger partial charge < -0.3 is 10.3 Å². The number of nitrogens with zero attached hydrogens (tertiary/aromatic N) is 1. The fraction of sp³-hybridized carbons (Fsp3) is 0.333. The molecule has 0 saturated heterocycles. The minimum atomic E-state index is -3.68. The van der Waals surface area contributed by atoms with Crippen LogP contribution in [0.25, 0.3) is 11.0 Å². The summed E-state index contributed by atoms with van der Waals surface area (Å²) in [5.74, 6) is 0.407. The van der Waals surface area contributed by atoms with Crippen LogP contribution in [-0.4, -0.2) is 30.8 Å². The van der Waals surface area contributed by atoms with Gasteiger partial charge in [0.25, 0.3) is 0 Å². The van der Waals surface area contributed by atoms with Crippen molar-refractivity contribution in [2.75, 3.05) is 6.54 Å². The SMILES string of the molecule is Cc1cc(C)c(S(=O)(=O)NCCC(=O)NC(C)c2nc3ccccc3[nH]2)c(C)c1. The highest BCUT2D eigenvalue weighted by Crippen LogP contribution is 2.21. The normalized spacial score (nSPS) is 12.8. The lowest BCUT2D eigenvalue weighted by atomic mass is 10.1. The largest absolute Gasteiger partial charge is 0.346 e. The number of imidazole rings is 1. The lowest BCUT2D eigenvalue weighted by Gasteiger charge is -2.14. The molecule has 7 nitrogen and oxygen atoms in total. The summed E-state index contributed by atoms with van der Waals surface area (Å²) < 4.78 is 27.8. The highest BCUT2D eigenvalue weighted by Gasteiger charge is 2.20. The zero-order chi connectivity index (χ0) is 21.2. The molecule has 3 rings (SSSR count). The number of rotatable bonds is 7. The molecule has 1 unspecified atom stereocenters. The van der Waals surface area contributed by atoms with Crippen molar-refractivity contribution in [3.8, 4) is 0 Å². The predicted octanol–water partition coefficient (Wildman–Crippen LogP) is 3.03. The molecule has 3 N–H and O–H groups in total. The predicted molar refractivity (Wildman–Crippen MR) is 113 cm³/mol. The Morgan fingerprint density at radius 2 is 1.79 bits per heavy atom. The lowest BCUT2D eigenvalue weighted by molar-refractivity contribution is -0.121. The first-order chi connectivity index (χ1) is 13.7. The average Bonchev–Trinajstić information content (AvgIpc) is 3.04. The van der Waals surface area contributed by atoms with E-state index in [4.69, 9.17) is 0 Å². The first kappa shape index (κ1) is 21.0. The minimum Gasteiger partial charge on any atom is -0.346 e. The molecular formula is C21H26N4O3S. The summed E-state index contributed by atoms with van der Waals surface area (Å²) in [6.45, 7) is 7.33. The Labute approximate surface area is 171 Å². The number of para-hydroxylation sites is 2. The molecule has 1 heterocycles. The smallest absolute Gasteiger partial charge is 0.241 e. The number of carbonyl (C=O) groups is 1. The van der Waals surface area contributed by atoms with Gasteiger partial charge in [0, 0.05) is 13.0 Å². The Morgan fingerprint density at radius 1 is 1.14 bits per heavy atom. The highest BCUT2D eigenvalue weighted by molar-refractivity contribution is 7.89. The van der Waals surface area contributed by atoms with Gasteiger partial charge in [-0.15, -0.1) is 0 Å². The van der Waals surface area contributed by atoms with Gasteiger partial charge >= 0.3 is 0 Å². The molecular weight excluding hydrogens is 388 g/mol. The Kier molecular flexibility index (Phi) is 6.04. The number of nitrogens with one attached hydrogen (secondary N) is 3. The standard InChI is InChI=1S/C21H26N4O3S/c1-13-11-14(2)20(15(3)12-13)29(27,28)22-10-9-19(26)23-16(4)21-24-17-7-5-6-8-18(17)25-21/h5-8,11-12,16,22H,9-10H2,1-4H3,(H,23,26)(H,24,25). The second-order valence-corrected chi connectivity index (χ2v) is 9.01. The molecule has 0 saturated carbocycles. The number of aromatic amines is 1. The van der Waals surface area contributed by atoms with Crippen LogP contribution >= 0.6 is 0 Å². The van der Waals surface area contributed by atoms with E-state index in [-0.39, 0.29) is 29.8 Å². The molecule has 0 aliphatic heterocycles. The molecule has 29 heavy (non-hydrogen) atoms. The van der Waals surface area contributed by atoms with Gasteiger partial charge in [0.05, 0.1) is 22.0 Å². The van der Waals surface area contributed by atoms with Crippen LogP contribution in [-0.2, 0) is 14.8 Å². The number of amides is 1. The van der Waals surface area contributed by atoms with Gasteiger partial charge in [0.15, 0.2) is 0 Å². The van der Waals surface area contributed by atoms with Crippen LogP contribution in [0.15, 0.2) is 41.3 Å². The third kappa shape index (κ3) is 4.83. The van der Waals surface area contributed by atoms with Gasteiger partial charge in [0.2, 0.25) is 15.9 Å². The van der Waals surface area contributed by atoms with Crippen molar-refractivity contribution in [1.82, 2.24) is 20.0 Å². The molecule has 3 aromatic rings. The molecule has 8 heteroatoms. The van der Waals surface area contributed by atoms with Crippen LogP contribution in [0.4, 0.5) is 0 Å². The monoisotopic (exact) mass is 414 g/mol. The van der Waals surface area contributed by atoms with E-state index in [9.17, 15) is 13.2 Å². The zero-order valence-electron chi connectivity index (χ0n) is 17.0. The van der Waals surface area contributed by atoms with Gasteiger partial charge in [-0.25, -0.2) is 18.1 Å². The maximum atomic E-state index is 12.7. The fourth-order valence-electron chi connectivity index (χ4n) is 3.52. The number of fused-ring (bicyclic) bond motifs is 1. The van der Waals surface area contributed by atoms with E-state index in [1.807, 2.05) is 50.2 Å². The number of carbonyl (C=O) groups excluding carboxylic acids is 1. The van der Waals surface area contributed by atoms with E-state index >= 15 is 0 Å². The topological polar surface area (TPSA) is 104 Å². The molecule has 0 fully saturated rings. The van der Waals surface area contributed by atoms with Crippen LogP contribution < -0.4 is 10.0 Å². The third-order valence-corrected chi connectivity index (χ3v) is 6.48. The van der Waals surface area contributed by atoms with Gasteiger partial charge in [-0.2, -0.15) is 0 Å². The summed E-state index contributed by atoms with van der Waals surface area (Å²) in [6, 6.07) is 11.0. The van der Waals surface area contributed by atoms with Gasteiger partial charge in [-0.05, 0) is 51.0 Å². The molecule has 1 amide bonds. The summed E-state index contributed by atoms with van der Waals surface area (Å²) >= 11 is 0. The van der Waals surface area contributed by atoms with E-state index in [2.05, 4.69) is 20.0 Å². The zero-order valence-corrected chi connectivity index (χ0v) is 17.9. The van der Waals surface area contributed by atoms with Crippen molar-refractivity contribution in [3.63, 3.8) is 0 Å². The summed E-state index contributed by atoms with van der Waals surface area (Å²) in [5.41, 5.74) is 4.13. The number of H-pyrrole nitrogens is 1. The summed E-state index contributed by atoms with van der Waals surface area (Å²) in [5, 5.41) is 2.85. The molecule has 2 aromatic carbocycles. The number of aryl methyl sites for hydroxylation is 3. The molecule has 1 atom stereocenters. The van der Waals surface area contributed by atoms with E-state index < -0.39 is 10.0 Å². The van der Waals surface area contributed by atoms with Crippen LogP contribution in [0.1, 0.15) is 41.9 Å². The lowest BCUT2D eigenvalue weighted by Crippen LogP contribution is -2.32. The summed E-state index contributed by atoms with van der Waals surface area (Å²) in [7, 11) is -3.68. The number of hydrogen-bond acceptors (Lipinski definition) is 4. The van der Waals surface area contributed by atoms with Crippen molar-refractivity contribution in [3.05, 3.63) is 58.9 Å². The van der Waals surface area contributed by atoms with Crippen LogP contribution in [0.3, 0.4) is 0 Å². The number of hydrogen-bond donors (Lipinski definition) is 3. The van der Waals surface area contributed by atoms with Crippen molar-refractivity contribution in [2.45, 2.75) is 45.1 Å². The van der Waals surface area contributed by atoms with Crippen LogP contribution in [0, 0.1) is 20.8 Å². The first-order valence-electron chi connectivity index (χ1n) is 9.49. The van der Waals surface area contributed by atoms with E-state index in [1.54, 1.807) is 13.8 Å². The fourth-order valence-corrected chi connectivity index (χ4v) is 5.00. The van der Waals surface area contributed by atoms with Crippen LogP contribution in [0.2, 0.25) is 0 Å². The molecule has 0 radical (unpaired) electrons. The number of aromatic nitrogens is 2. The van der Waals surface area contributed by atoms with Crippen molar-refractivity contribution in [1.29, 1.82) is 0 Å². The Balaban J connectivity index is 1.58. The molecule has 0 aliphatic rings. The van der Waals surface area contributed by atoms with E-state index in [0.717, 1.165) is 16.6 Å².